The Labute approximate surface area is 604 Å². The fourth-order valence-corrected chi connectivity index (χ4v) is 12.1. The van der Waals surface area contributed by atoms with Gasteiger partial charge in [0.2, 0.25) is 11.5 Å². The van der Waals surface area contributed by atoms with E-state index in [1.54, 1.807) is 59.1 Å². The van der Waals surface area contributed by atoms with E-state index in [4.69, 9.17) is 42.6 Å². The molecule has 0 bridgehead atoms. The molecule has 0 spiro atoms. The monoisotopic (exact) mass is 1460 g/mol. The molecule has 3 aliphatic rings. The Hall–Kier alpha value is -11.6. The number of likely N-dealkylation sites (N-methyl/N-ethyl adjacent to an activating group) is 1. The van der Waals surface area contributed by atoms with E-state index in [1.807, 2.05) is 7.05 Å². The van der Waals surface area contributed by atoms with Crippen LogP contribution in [0.1, 0.15) is 92.6 Å². The lowest BCUT2D eigenvalue weighted by Gasteiger charge is -2.34. The number of pyridine rings is 2. The summed E-state index contributed by atoms with van der Waals surface area (Å²) in [4.78, 5) is 93.5. The van der Waals surface area contributed by atoms with E-state index >= 15 is 8.78 Å². The van der Waals surface area contributed by atoms with Crippen LogP contribution in [0.25, 0.3) is 33.2 Å². The van der Waals surface area contributed by atoms with E-state index in [1.165, 1.54) is 89.3 Å². The maximum atomic E-state index is 15.6. The van der Waals surface area contributed by atoms with Gasteiger partial charge in [0.25, 0.3) is 22.9 Å². The van der Waals surface area contributed by atoms with Crippen LogP contribution in [0, 0.1) is 23.3 Å². The number of benzene rings is 6. The van der Waals surface area contributed by atoms with Gasteiger partial charge in [-0.15, -0.1) is 0 Å². The van der Waals surface area contributed by atoms with Gasteiger partial charge in [0.05, 0.1) is 53.0 Å². The van der Waals surface area contributed by atoms with Gasteiger partial charge < -0.3 is 63.1 Å². The summed E-state index contributed by atoms with van der Waals surface area (Å²) in [7, 11) is 5.82. The number of methoxy groups -OCH3 is 1. The Kier molecular flexibility index (Phi) is 23.1. The summed E-state index contributed by atoms with van der Waals surface area (Å²) in [5.74, 6) is -1.75. The first-order valence-corrected chi connectivity index (χ1v) is 34.6. The number of rotatable bonds is 26. The first kappa shape index (κ1) is 74.2. The van der Waals surface area contributed by atoms with E-state index in [-0.39, 0.29) is 63.5 Å². The number of hydrogen-bond donors (Lipinski definition) is 2. The quantitative estimate of drug-likeness (QED) is 0.0377. The Morgan fingerprint density at radius 2 is 0.953 bits per heavy atom. The Morgan fingerprint density at radius 3 is 1.35 bits per heavy atom. The molecule has 1 saturated carbocycles. The highest BCUT2D eigenvalue weighted by Gasteiger charge is 2.30. The molecule has 0 radical (unpaired) electrons. The van der Waals surface area contributed by atoms with Gasteiger partial charge in [0.1, 0.15) is 60.7 Å². The number of anilines is 2. The van der Waals surface area contributed by atoms with Crippen LogP contribution in [0.15, 0.2) is 153 Å². The van der Waals surface area contributed by atoms with Crippen LogP contribution in [0.4, 0.5) is 28.9 Å². The summed E-state index contributed by atoms with van der Waals surface area (Å²) >= 11 is 0. The molecule has 10 aromatic rings. The fourth-order valence-electron chi connectivity index (χ4n) is 12.1. The van der Waals surface area contributed by atoms with E-state index in [0.29, 0.717) is 102 Å². The first-order chi connectivity index (χ1) is 51.1. The molecular weight excluding hydrogens is 1380 g/mol. The highest BCUT2D eigenvalue weighted by Crippen LogP contribution is 2.50. The van der Waals surface area contributed by atoms with Crippen LogP contribution >= 0.6 is 0 Å². The third-order valence-corrected chi connectivity index (χ3v) is 17.9. The molecule has 4 aromatic heterocycles. The zero-order chi connectivity index (χ0) is 74.9. The van der Waals surface area contributed by atoms with E-state index in [0.717, 1.165) is 90.4 Å². The molecule has 29 heteroatoms. The minimum atomic E-state index is -0.922. The number of carbonyl (C=O) groups excluding carboxylic acids is 2. The van der Waals surface area contributed by atoms with Crippen LogP contribution in [0.5, 0.6) is 57.5 Å². The second-order valence-corrected chi connectivity index (χ2v) is 25.9. The van der Waals surface area contributed by atoms with Crippen molar-refractivity contribution in [1.82, 2.24) is 38.0 Å². The van der Waals surface area contributed by atoms with Gasteiger partial charge in [-0.3, -0.25) is 38.3 Å². The number of carbonyl (C=O) groups is 2. The number of ether oxygens (including phenoxy) is 9. The predicted octanol–water partition coefficient (Wildman–Crippen LogP) is 12.0. The van der Waals surface area contributed by atoms with Crippen molar-refractivity contribution in [3.63, 3.8) is 0 Å². The largest absolute Gasteiger partial charge is 0.489 e. The summed E-state index contributed by atoms with van der Waals surface area (Å²) in [5, 5.41) is 6.00. The third-order valence-electron chi connectivity index (χ3n) is 17.9. The first-order valence-electron chi connectivity index (χ1n) is 34.6. The van der Waals surface area contributed by atoms with Crippen molar-refractivity contribution >= 4 is 45.0 Å². The SMILES string of the molecule is CC(C)n1cc(C(=O)Nc2ccc(Oc3ccnc4cc(OCCCN(C)C5CCC5)c5c(c34)OCCO5)c(F)c2)c(=O)n(-c2ccc(F)cc2)c1=O.COCCN(C)CCCOc1cc2nccc(Oc3ccc(NC(=O)c4cn(C(C)C)c(=O)n(-c5ccc(F)cc5)c4=O)cc3F)c2c2c1OCCO2. The summed E-state index contributed by atoms with van der Waals surface area (Å²) in [5.41, 5.74) is -2.78. The minimum absolute atomic E-state index is 0.0234. The van der Waals surface area contributed by atoms with Crippen molar-refractivity contribution in [1.29, 1.82) is 0 Å². The number of nitrogens with zero attached hydrogens (tertiary/aromatic N) is 8. The molecule has 6 heterocycles. The zero-order valence-corrected chi connectivity index (χ0v) is 59.3. The molecular formula is C77H78F4N10O15. The molecule has 0 saturated heterocycles. The van der Waals surface area contributed by atoms with Gasteiger partial charge in [-0.25, -0.2) is 36.3 Å². The van der Waals surface area contributed by atoms with Gasteiger partial charge in [-0.1, -0.05) is 6.42 Å². The standard InChI is InChI=1S/C39H39F2N5O7.C38H39F2N5O8/c1-23(2)45-22-28(38(48)46(39(45)49)27-11-8-24(40)9-12-27)37(47)43-25-10-13-31(29(41)20-25)53-32-14-15-42-30-21-33(35-36(34(30)32)52-19-18-51-35)50-17-5-16-44(3)26-6-4-7-26;1-23(2)44-22-27(37(47)45(38(44)48)26-9-6-24(39)7-10-26)36(46)42-25-8-11-30(28(40)20-25)53-31-12-13-41-29-21-32(34-35(33(29)31)52-19-18-51-34)50-16-5-14-43(3)15-17-49-4/h8-15,20-23,26H,4-7,16-19H2,1-3H3,(H,43,47);6-13,20-23H,5,14-19H2,1-4H3,(H,42,46). The molecule has 554 valence electrons. The topological polar surface area (TPSA) is 262 Å². The van der Waals surface area contributed by atoms with Crippen molar-refractivity contribution in [2.24, 2.45) is 0 Å². The van der Waals surface area contributed by atoms with Crippen LogP contribution < -0.4 is 71.0 Å². The predicted molar refractivity (Wildman–Crippen MR) is 387 cm³/mol. The molecule has 0 unspecified atom stereocenters. The smallest absolute Gasteiger partial charge is 0.335 e. The van der Waals surface area contributed by atoms with Gasteiger partial charge in [-0.05, 0) is 152 Å². The fraction of sp³-hybridized carbons (Fsp3) is 0.325. The van der Waals surface area contributed by atoms with Crippen LogP contribution in [0.3, 0.4) is 0 Å². The molecule has 2 N–H and O–H groups in total. The molecule has 1 fully saturated rings. The van der Waals surface area contributed by atoms with Crippen LogP contribution in [0.2, 0.25) is 0 Å². The number of hydrogen-bond acceptors (Lipinski definition) is 19. The van der Waals surface area contributed by atoms with Gasteiger partial charge in [0, 0.05) is 105 Å². The molecule has 2 amide bonds. The van der Waals surface area contributed by atoms with Gasteiger partial charge >= 0.3 is 11.4 Å². The minimum Gasteiger partial charge on any atom is -0.489 e. The second-order valence-electron chi connectivity index (χ2n) is 25.9. The molecule has 106 heavy (non-hydrogen) atoms. The van der Waals surface area contributed by atoms with Crippen molar-refractivity contribution in [3.05, 3.63) is 210 Å². The lowest BCUT2D eigenvalue weighted by atomic mass is 9.92. The average molecular weight is 1460 g/mol. The van der Waals surface area contributed by atoms with Crippen molar-refractivity contribution in [3.8, 4) is 68.9 Å². The van der Waals surface area contributed by atoms with E-state index in [9.17, 15) is 37.5 Å². The number of fused-ring (bicyclic) bond motifs is 6. The molecule has 2 aliphatic heterocycles. The van der Waals surface area contributed by atoms with E-state index in [2.05, 4.69) is 37.4 Å². The number of aromatic nitrogens is 6. The van der Waals surface area contributed by atoms with Gasteiger partial charge in [-0.2, -0.15) is 0 Å². The van der Waals surface area contributed by atoms with Crippen molar-refractivity contribution in [2.75, 3.05) is 97.7 Å². The number of halogens is 4. The summed E-state index contributed by atoms with van der Waals surface area (Å²) in [6, 6.07) is 23.5. The van der Waals surface area contributed by atoms with Gasteiger partial charge in [0.15, 0.2) is 46.1 Å². The average Bonchev–Trinajstić information content (AvgIpc) is 0.784. The molecule has 0 atom stereocenters. The Bertz CT molecular complexity index is 5160. The van der Waals surface area contributed by atoms with Crippen molar-refractivity contribution < 1.29 is 69.8 Å². The molecule has 6 aromatic carbocycles. The highest BCUT2D eigenvalue weighted by molar-refractivity contribution is 6.05. The lowest BCUT2D eigenvalue weighted by Crippen LogP contribution is -2.42. The second kappa shape index (κ2) is 33.0. The maximum Gasteiger partial charge on any atom is 0.335 e. The summed E-state index contributed by atoms with van der Waals surface area (Å²) in [6.45, 7) is 12.1. The molecule has 1 aliphatic carbocycles. The van der Waals surface area contributed by atoms with Crippen molar-refractivity contribution in [2.45, 2.75) is 77.9 Å². The third kappa shape index (κ3) is 16.5. The van der Waals surface area contributed by atoms with Crippen LogP contribution in [-0.2, 0) is 4.74 Å². The van der Waals surface area contributed by atoms with E-state index < -0.39 is 69.7 Å². The Balaban J connectivity index is 0.000000199. The Morgan fingerprint density at radius 1 is 0.528 bits per heavy atom. The number of nitrogens with one attached hydrogen (secondary N) is 2. The molecule has 13 rings (SSSR count). The summed E-state index contributed by atoms with van der Waals surface area (Å²) < 4.78 is 116. The normalized spacial score (nSPS) is 13.2. The highest BCUT2D eigenvalue weighted by atomic mass is 19.1. The molecule has 25 nitrogen and oxygen atoms in total. The van der Waals surface area contributed by atoms with Crippen LogP contribution in [-0.4, -0.2) is 143 Å². The maximum absolute atomic E-state index is 15.6. The number of amides is 2. The lowest BCUT2D eigenvalue weighted by molar-refractivity contribution is 0.101. The summed E-state index contributed by atoms with van der Waals surface area (Å²) in [6.07, 6.45) is 10.7. The zero-order valence-electron chi connectivity index (χ0n) is 59.3.